The molecule has 0 aliphatic heterocycles. The zero-order chi connectivity index (χ0) is 16.1. The zero-order valence-corrected chi connectivity index (χ0v) is 14.6. The number of rotatable bonds is 1. The predicted octanol–water partition coefficient (Wildman–Crippen LogP) is 4.53. The summed E-state index contributed by atoms with van der Waals surface area (Å²) >= 11 is 3.22. The molecular formula is C18H15N3OS2. The van der Waals surface area contributed by atoms with Crippen LogP contribution in [-0.2, 0) is 12.8 Å². The molecule has 0 amide bonds. The molecular weight excluding hydrogens is 338 g/mol. The van der Waals surface area contributed by atoms with Gasteiger partial charge in [0, 0.05) is 21.5 Å². The third kappa shape index (κ3) is 2.06. The number of aromatic nitrogens is 3. The van der Waals surface area contributed by atoms with Gasteiger partial charge in [-0.15, -0.1) is 22.7 Å². The summed E-state index contributed by atoms with van der Waals surface area (Å²) in [5.74, 6) is 0. The van der Waals surface area contributed by atoms with Gasteiger partial charge in [-0.2, -0.15) is 0 Å². The Hall–Kier alpha value is -2.05. The van der Waals surface area contributed by atoms with Gasteiger partial charge in [-0.05, 0) is 42.7 Å². The van der Waals surface area contributed by atoms with E-state index in [4.69, 9.17) is 4.98 Å². The highest BCUT2D eigenvalue weighted by molar-refractivity contribution is 7.25. The number of aryl methyl sites for hydroxylation is 1. The van der Waals surface area contributed by atoms with Gasteiger partial charge in [-0.25, -0.2) is 9.97 Å². The number of nitrogens with zero attached hydrogens (tertiary/aromatic N) is 2. The summed E-state index contributed by atoms with van der Waals surface area (Å²) in [6, 6.07) is 4.26. The summed E-state index contributed by atoms with van der Waals surface area (Å²) < 4.78 is 0.679. The fourth-order valence-electron chi connectivity index (χ4n) is 3.64. The number of thiophene rings is 2. The van der Waals surface area contributed by atoms with E-state index >= 15 is 0 Å². The highest BCUT2D eigenvalue weighted by atomic mass is 32.1. The molecule has 1 aliphatic rings. The van der Waals surface area contributed by atoms with E-state index in [2.05, 4.69) is 27.5 Å². The van der Waals surface area contributed by atoms with E-state index in [0.717, 1.165) is 28.6 Å². The average molecular weight is 353 g/mol. The van der Waals surface area contributed by atoms with Crippen LogP contribution in [0.1, 0.15) is 30.5 Å². The van der Waals surface area contributed by atoms with Crippen LogP contribution in [0.3, 0.4) is 0 Å². The SMILES string of the molecule is O=c1[nH]cnc2c1sc1nc3c(c(-c4cccs4)c12)CCCCC3. The van der Waals surface area contributed by atoms with E-state index in [-0.39, 0.29) is 5.56 Å². The molecule has 0 saturated heterocycles. The number of aromatic amines is 1. The summed E-state index contributed by atoms with van der Waals surface area (Å²) in [4.78, 5) is 26.5. The van der Waals surface area contributed by atoms with Gasteiger partial charge in [0.25, 0.3) is 5.56 Å². The van der Waals surface area contributed by atoms with Crippen LogP contribution >= 0.6 is 22.7 Å². The Morgan fingerprint density at radius 1 is 1.17 bits per heavy atom. The van der Waals surface area contributed by atoms with Crippen molar-refractivity contribution in [2.24, 2.45) is 0 Å². The fourth-order valence-corrected chi connectivity index (χ4v) is 5.50. The Labute approximate surface area is 146 Å². The van der Waals surface area contributed by atoms with Crippen molar-refractivity contribution in [3.05, 3.63) is 45.5 Å². The van der Waals surface area contributed by atoms with Crippen molar-refractivity contribution < 1.29 is 0 Å². The standard InChI is InChI=1S/C18H15N3OS2/c22-17-16-15(19-9-20-17)14-13(12-7-4-8-23-12)10-5-2-1-3-6-11(10)21-18(14)24-16/h4,7-9H,1-3,5-6H2,(H,19,20,22). The highest BCUT2D eigenvalue weighted by Crippen LogP contribution is 2.42. The highest BCUT2D eigenvalue weighted by Gasteiger charge is 2.23. The lowest BCUT2D eigenvalue weighted by Gasteiger charge is -2.12. The minimum absolute atomic E-state index is 0.0738. The Morgan fingerprint density at radius 3 is 2.96 bits per heavy atom. The Balaban J connectivity index is 2.00. The van der Waals surface area contributed by atoms with Gasteiger partial charge in [0.05, 0.1) is 11.8 Å². The zero-order valence-electron chi connectivity index (χ0n) is 13.0. The van der Waals surface area contributed by atoms with E-state index < -0.39 is 0 Å². The van der Waals surface area contributed by atoms with E-state index in [9.17, 15) is 4.79 Å². The molecule has 5 rings (SSSR count). The van der Waals surface area contributed by atoms with Gasteiger partial charge in [0.15, 0.2) is 0 Å². The molecule has 24 heavy (non-hydrogen) atoms. The van der Waals surface area contributed by atoms with Crippen LogP contribution in [0.5, 0.6) is 0 Å². The first-order valence-electron chi connectivity index (χ1n) is 8.18. The first kappa shape index (κ1) is 14.3. The third-order valence-corrected chi connectivity index (χ3v) is 6.66. The number of hydrogen-bond donors (Lipinski definition) is 1. The fraction of sp³-hybridized carbons (Fsp3) is 0.278. The molecule has 1 aliphatic carbocycles. The summed E-state index contributed by atoms with van der Waals surface area (Å²) in [5.41, 5.74) is 4.56. The van der Waals surface area contributed by atoms with Crippen LogP contribution < -0.4 is 5.56 Å². The molecule has 4 nitrogen and oxygen atoms in total. The van der Waals surface area contributed by atoms with Crippen molar-refractivity contribution in [1.82, 2.24) is 15.0 Å². The van der Waals surface area contributed by atoms with Gasteiger partial charge in [-0.1, -0.05) is 12.5 Å². The molecule has 6 heteroatoms. The molecule has 4 heterocycles. The van der Waals surface area contributed by atoms with Crippen molar-refractivity contribution in [2.75, 3.05) is 0 Å². The average Bonchev–Trinajstić information content (AvgIpc) is 3.17. The van der Waals surface area contributed by atoms with Gasteiger partial charge in [0.1, 0.15) is 9.53 Å². The predicted molar refractivity (Wildman–Crippen MR) is 100 cm³/mol. The smallest absolute Gasteiger partial charge is 0.268 e. The largest absolute Gasteiger partial charge is 0.312 e. The lowest BCUT2D eigenvalue weighted by molar-refractivity contribution is 0.709. The first-order valence-corrected chi connectivity index (χ1v) is 9.88. The molecule has 0 bridgehead atoms. The Bertz CT molecular complexity index is 1110. The molecule has 0 spiro atoms. The number of nitrogens with one attached hydrogen (secondary N) is 1. The van der Waals surface area contributed by atoms with E-state index in [1.54, 1.807) is 11.3 Å². The summed E-state index contributed by atoms with van der Waals surface area (Å²) in [7, 11) is 0. The molecule has 0 aromatic carbocycles. The monoisotopic (exact) mass is 353 g/mol. The van der Waals surface area contributed by atoms with E-state index in [1.165, 1.54) is 58.6 Å². The van der Waals surface area contributed by atoms with Crippen molar-refractivity contribution in [3.8, 4) is 10.4 Å². The molecule has 0 unspecified atom stereocenters. The number of hydrogen-bond acceptors (Lipinski definition) is 5. The first-order chi connectivity index (χ1) is 11.8. The minimum atomic E-state index is -0.0738. The summed E-state index contributed by atoms with van der Waals surface area (Å²) in [5, 5.41) is 3.17. The molecule has 0 atom stereocenters. The quantitative estimate of drug-likeness (QED) is 0.512. The lowest BCUT2D eigenvalue weighted by atomic mass is 9.97. The number of fused-ring (bicyclic) bond motifs is 4. The van der Waals surface area contributed by atoms with Crippen molar-refractivity contribution in [2.45, 2.75) is 32.1 Å². The molecule has 0 saturated carbocycles. The van der Waals surface area contributed by atoms with Crippen molar-refractivity contribution >= 4 is 43.1 Å². The molecule has 0 radical (unpaired) electrons. The van der Waals surface area contributed by atoms with Crippen LogP contribution in [0, 0.1) is 0 Å². The second kappa shape index (κ2) is 5.50. The molecule has 4 aromatic rings. The van der Waals surface area contributed by atoms with Gasteiger partial charge in [-0.3, -0.25) is 4.79 Å². The molecule has 120 valence electrons. The number of pyridine rings is 1. The maximum Gasteiger partial charge on any atom is 0.268 e. The molecule has 1 N–H and O–H groups in total. The minimum Gasteiger partial charge on any atom is -0.312 e. The second-order valence-corrected chi connectivity index (χ2v) is 8.09. The van der Waals surface area contributed by atoms with Crippen LogP contribution in [0.25, 0.3) is 30.9 Å². The topological polar surface area (TPSA) is 58.6 Å². The lowest BCUT2D eigenvalue weighted by Crippen LogP contribution is -2.03. The van der Waals surface area contributed by atoms with Crippen molar-refractivity contribution in [1.29, 1.82) is 0 Å². The third-order valence-electron chi connectivity index (χ3n) is 4.70. The normalized spacial score (nSPS) is 14.8. The van der Waals surface area contributed by atoms with E-state index in [1.807, 2.05) is 0 Å². The summed E-state index contributed by atoms with van der Waals surface area (Å²) in [6.45, 7) is 0. The maximum absolute atomic E-state index is 12.2. The van der Waals surface area contributed by atoms with Gasteiger partial charge < -0.3 is 4.98 Å². The van der Waals surface area contributed by atoms with Crippen LogP contribution in [-0.4, -0.2) is 15.0 Å². The van der Waals surface area contributed by atoms with Crippen molar-refractivity contribution in [3.63, 3.8) is 0 Å². The Kier molecular flexibility index (Phi) is 3.28. The maximum atomic E-state index is 12.2. The van der Waals surface area contributed by atoms with E-state index in [0.29, 0.717) is 4.70 Å². The van der Waals surface area contributed by atoms with Gasteiger partial charge in [0.2, 0.25) is 0 Å². The Morgan fingerprint density at radius 2 is 2.08 bits per heavy atom. The molecule has 0 fully saturated rings. The van der Waals surface area contributed by atoms with Crippen LogP contribution in [0.2, 0.25) is 0 Å². The van der Waals surface area contributed by atoms with Gasteiger partial charge >= 0.3 is 0 Å². The second-order valence-electron chi connectivity index (χ2n) is 6.14. The number of H-pyrrole nitrogens is 1. The van der Waals surface area contributed by atoms with Crippen LogP contribution in [0.4, 0.5) is 0 Å². The molecule has 4 aromatic heterocycles. The van der Waals surface area contributed by atoms with Crippen LogP contribution in [0.15, 0.2) is 28.6 Å². The summed E-state index contributed by atoms with van der Waals surface area (Å²) in [6.07, 6.45) is 7.24.